The van der Waals surface area contributed by atoms with Gasteiger partial charge in [-0.2, -0.15) is 0 Å². The average Bonchev–Trinajstić information content (AvgIpc) is 3.53. The summed E-state index contributed by atoms with van der Waals surface area (Å²) in [6, 6.07) is 11.6. The summed E-state index contributed by atoms with van der Waals surface area (Å²) in [7, 11) is 0. The molecule has 0 unspecified atom stereocenters. The first kappa shape index (κ1) is 19.7. The van der Waals surface area contributed by atoms with Gasteiger partial charge in [0.05, 0.1) is 21.6 Å². The van der Waals surface area contributed by atoms with Crippen molar-refractivity contribution in [1.82, 2.24) is 19.7 Å². The van der Waals surface area contributed by atoms with Crippen LogP contribution in [0, 0.1) is 0 Å². The number of benzene rings is 1. The van der Waals surface area contributed by atoms with Gasteiger partial charge in [-0.1, -0.05) is 18.2 Å². The number of rotatable bonds is 4. The first-order chi connectivity index (χ1) is 14.7. The number of piperazine rings is 1. The molecule has 1 aromatic carbocycles. The Kier molecular flexibility index (Phi) is 5.54. The van der Waals surface area contributed by atoms with Crippen LogP contribution in [-0.2, 0) is 11.3 Å². The van der Waals surface area contributed by atoms with Crippen LogP contribution < -0.4 is 0 Å². The minimum absolute atomic E-state index is 0.00433. The second-order valence-corrected chi connectivity index (χ2v) is 9.87. The number of hydrogen-bond donors (Lipinski definition) is 0. The predicted molar refractivity (Wildman–Crippen MR) is 120 cm³/mol. The standard InChI is InChI=1S/C22H24N4O2S2/c27-21(17-6-3-9-26(17)22(28)19-8-4-14-29-19)25-12-10-24(11-13-25)15-20-23-16-5-1-2-7-18(16)30-20/h1-2,4-5,7-8,14,17H,3,6,9-13,15H2/t17-/m1/s1. The van der Waals surface area contributed by atoms with Crippen LogP contribution in [0.15, 0.2) is 41.8 Å². The molecule has 2 aromatic heterocycles. The zero-order valence-corrected chi connectivity index (χ0v) is 18.3. The largest absolute Gasteiger partial charge is 0.338 e. The Labute approximate surface area is 183 Å². The number of aromatic nitrogens is 1. The molecular formula is C22H24N4O2S2. The van der Waals surface area contributed by atoms with Gasteiger partial charge in [0, 0.05) is 32.7 Å². The number of thiophene rings is 1. The molecule has 0 saturated carbocycles. The van der Waals surface area contributed by atoms with Crippen molar-refractivity contribution in [2.45, 2.75) is 25.4 Å². The second-order valence-electron chi connectivity index (χ2n) is 7.81. The molecule has 0 spiro atoms. The minimum atomic E-state index is -0.310. The van der Waals surface area contributed by atoms with Gasteiger partial charge in [0.2, 0.25) is 5.91 Å². The van der Waals surface area contributed by atoms with E-state index in [0.717, 1.165) is 47.9 Å². The van der Waals surface area contributed by atoms with Crippen molar-refractivity contribution in [3.8, 4) is 0 Å². The summed E-state index contributed by atoms with van der Waals surface area (Å²) in [5, 5.41) is 3.03. The van der Waals surface area contributed by atoms with Crippen LogP contribution in [0.3, 0.4) is 0 Å². The summed E-state index contributed by atoms with van der Waals surface area (Å²) in [6.45, 7) is 4.60. The smallest absolute Gasteiger partial charge is 0.264 e. The fourth-order valence-electron chi connectivity index (χ4n) is 4.32. The minimum Gasteiger partial charge on any atom is -0.338 e. The number of carbonyl (C=O) groups excluding carboxylic acids is 2. The summed E-state index contributed by atoms with van der Waals surface area (Å²) in [5.74, 6) is 0.104. The third-order valence-electron chi connectivity index (χ3n) is 5.91. The van der Waals surface area contributed by atoms with Crippen molar-refractivity contribution >= 4 is 44.7 Å². The molecule has 156 valence electrons. The van der Waals surface area contributed by atoms with Crippen LogP contribution in [0.2, 0.25) is 0 Å². The van der Waals surface area contributed by atoms with Gasteiger partial charge in [0.25, 0.3) is 5.91 Å². The monoisotopic (exact) mass is 440 g/mol. The fraction of sp³-hybridized carbons (Fsp3) is 0.409. The molecule has 30 heavy (non-hydrogen) atoms. The number of carbonyl (C=O) groups is 2. The Morgan fingerprint density at radius 2 is 1.87 bits per heavy atom. The molecule has 2 amide bonds. The predicted octanol–water partition coefficient (Wildman–Crippen LogP) is 3.31. The highest BCUT2D eigenvalue weighted by Crippen LogP contribution is 2.25. The Balaban J connectivity index is 1.18. The number of para-hydroxylation sites is 1. The molecule has 3 aromatic rings. The first-order valence-corrected chi connectivity index (χ1v) is 12.1. The molecule has 2 aliphatic heterocycles. The third-order valence-corrected chi connectivity index (χ3v) is 7.79. The van der Waals surface area contributed by atoms with Gasteiger partial charge in [-0.25, -0.2) is 4.98 Å². The molecule has 2 saturated heterocycles. The van der Waals surface area contributed by atoms with Crippen molar-refractivity contribution < 1.29 is 9.59 Å². The van der Waals surface area contributed by atoms with E-state index < -0.39 is 0 Å². The highest BCUT2D eigenvalue weighted by molar-refractivity contribution is 7.18. The van der Waals surface area contributed by atoms with Gasteiger partial charge in [-0.05, 0) is 36.4 Å². The van der Waals surface area contributed by atoms with Gasteiger partial charge in [-0.15, -0.1) is 22.7 Å². The van der Waals surface area contributed by atoms with E-state index in [2.05, 4.69) is 17.0 Å². The molecule has 2 fully saturated rings. The molecule has 1 atom stereocenters. The Bertz CT molecular complexity index is 1010. The lowest BCUT2D eigenvalue weighted by molar-refractivity contribution is -0.137. The van der Waals surface area contributed by atoms with Gasteiger partial charge in [0.1, 0.15) is 11.0 Å². The molecule has 0 aliphatic carbocycles. The first-order valence-electron chi connectivity index (χ1n) is 10.4. The number of thiazole rings is 1. The van der Waals surface area contributed by atoms with Crippen LogP contribution in [0.5, 0.6) is 0 Å². The van der Waals surface area contributed by atoms with Crippen molar-refractivity contribution in [3.05, 3.63) is 51.7 Å². The Morgan fingerprint density at radius 1 is 1.03 bits per heavy atom. The van der Waals surface area contributed by atoms with Gasteiger partial charge < -0.3 is 9.80 Å². The quantitative estimate of drug-likeness (QED) is 0.625. The molecular weight excluding hydrogens is 416 g/mol. The van der Waals surface area contributed by atoms with Crippen LogP contribution in [0.1, 0.15) is 27.5 Å². The van der Waals surface area contributed by atoms with E-state index >= 15 is 0 Å². The molecule has 2 aliphatic rings. The molecule has 4 heterocycles. The van der Waals surface area contributed by atoms with Crippen molar-refractivity contribution in [3.63, 3.8) is 0 Å². The van der Waals surface area contributed by atoms with E-state index in [-0.39, 0.29) is 17.9 Å². The van der Waals surface area contributed by atoms with Crippen LogP contribution in [-0.4, -0.2) is 70.3 Å². The van der Waals surface area contributed by atoms with E-state index in [4.69, 9.17) is 4.98 Å². The molecule has 0 bridgehead atoms. The third kappa shape index (κ3) is 3.87. The number of hydrogen-bond acceptors (Lipinski definition) is 6. The highest BCUT2D eigenvalue weighted by atomic mass is 32.1. The van der Waals surface area contributed by atoms with E-state index in [0.29, 0.717) is 19.6 Å². The summed E-state index contributed by atoms with van der Waals surface area (Å²) in [6.07, 6.45) is 1.66. The van der Waals surface area contributed by atoms with Crippen molar-refractivity contribution in [2.24, 2.45) is 0 Å². The molecule has 0 N–H and O–H groups in total. The van der Waals surface area contributed by atoms with Crippen LogP contribution in [0.25, 0.3) is 10.2 Å². The van der Waals surface area contributed by atoms with E-state index in [1.807, 2.05) is 34.5 Å². The molecule has 8 heteroatoms. The summed E-state index contributed by atoms with van der Waals surface area (Å²) in [5.41, 5.74) is 1.06. The zero-order chi connectivity index (χ0) is 20.5. The number of nitrogens with zero attached hydrogens (tertiary/aromatic N) is 4. The lowest BCUT2D eigenvalue weighted by Crippen LogP contribution is -2.54. The zero-order valence-electron chi connectivity index (χ0n) is 16.7. The van der Waals surface area contributed by atoms with Gasteiger partial charge >= 0.3 is 0 Å². The normalized spacial score (nSPS) is 20.2. The Hall–Kier alpha value is -2.29. The maximum Gasteiger partial charge on any atom is 0.264 e. The lowest BCUT2D eigenvalue weighted by Gasteiger charge is -2.37. The number of fused-ring (bicyclic) bond motifs is 1. The fourth-order valence-corrected chi connectivity index (χ4v) is 6.01. The van der Waals surface area contributed by atoms with E-state index in [1.54, 1.807) is 16.2 Å². The maximum absolute atomic E-state index is 13.2. The number of likely N-dealkylation sites (tertiary alicyclic amines) is 1. The van der Waals surface area contributed by atoms with E-state index in [1.165, 1.54) is 16.0 Å². The number of amides is 2. The SMILES string of the molecule is O=C([C@H]1CCCN1C(=O)c1cccs1)N1CCN(Cc2nc3ccccc3s2)CC1. The van der Waals surface area contributed by atoms with E-state index in [9.17, 15) is 9.59 Å². The molecule has 0 radical (unpaired) electrons. The summed E-state index contributed by atoms with van der Waals surface area (Å²) >= 11 is 3.19. The highest BCUT2D eigenvalue weighted by Gasteiger charge is 2.38. The second kappa shape index (κ2) is 8.45. The van der Waals surface area contributed by atoms with Gasteiger partial charge in [0.15, 0.2) is 0 Å². The Morgan fingerprint density at radius 3 is 2.63 bits per heavy atom. The molecule has 5 rings (SSSR count). The maximum atomic E-state index is 13.2. The summed E-state index contributed by atoms with van der Waals surface area (Å²) in [4.78, 5) is 37.5. The lowest BCUT2D eigenvalue weighted by atomic mass is 10.1. The topological polar surface area (TPSA) is 56.8 Å². The van der Waals surface area contributed by atoms with Gasteiger partial charge in [-0.3, -0.25) is 14.5 Å². The summed E-state index contributed by atoms with van der Waals surface area (Å²) < 4.78 is 1.22. The van der Waals surface area contributed by atoms with Crippen molar-refractivity contribution in [1.29, 1.82) is 0 Å². The molecule has 6 nitrogen and oxygen atoms in total. The van der Waals surface area contributed by atoms with Crippen molar-refractivity contribution in [2.75, 3.05) is 32.7 Å². The van der Waals surface area contributed by atoms with Crippen LogP contribution in [0.4, 0.5) is 0 Å². The average molecular weight is 441 g/mol. The van der Waals surface area contributed by atoms with Crippen LogP contribution >= 0.6 is 22.7 Å².